The standard InChI is InChI=1S/C14H18Br2N2/c15-10-11-1-4-14(13(16)9-11)18-7-5-17(6-8-18)12-2-3-12/h1,4,9,12H,2-3,5-8,10H2. The van der Waals surface area contributed by atoms with Crippen molar-refractivity contribution in [2.45, 2.75) is 24.2 Å². The average molecular weight is 374 g/mol. The number of benzene rings is 1. The normalized spacial score (nSPS) is 21.3. The maximum absolute atomic E-state index is 3.70. The van der Waals surface area contributed by atoms with E-state index in [2.05, 4.69) is 59.9 Å². The van der Waals surface area contributed by atoms with Crippen LogP contribution in [0.2, 0.25) is 0 Å². The highest BCUT2D eigenvalue weighted by Crippen LogP contribution is 2.31. The summed E-state index contributed by atoms with van der Waals surface area (Å²) >= 11 is 7.21. The molecule has 2 nitrogen and oxygen atoms in total. The van der Waals surface area contributed by atoms with Crippen LogP contribution in [0.5, 0.6) is 0 Å². The summed E-state index contributed by atoms with van der Waals surface area (Å²) in [6.07, 6.45) is 2.84. The Bertz CT molecular complexity index is 424. The SMILES string of the molecule is BrCc1ccc(N2CCN(C3CC3)CC2)c(Br)c1. The van der Waals surface area contributed by atoms with Gasteiger partial charge < -0.3 is 4.90 Å². The molecule has 0 unspecified atom stereocenters. The number of hydrogen-bond acceptors (Lipinski definition) is 2. The highest BCUT2D eigenvalue weighted by atomic mass is 79.9. The number of halogens is 2. The van der Waals surface area contributed by atoms with Crippen molar-refractivity contribution in [1.82, 2.24) is 4.90 Å². The summed E-state index contributed by atoms with van der Waals surface area (Å²) in [6.45, 7) is 4.75. The van der Waals surface area contributed by atoms with Crippen LogP contribution in [0, 0.1) is 0 Å². The Kier molecular flexibility index (Phi) is 3.97. The molecule has 4 heteroatoms. The predicted octanol–water partition coefficient (Wildman–Crippen LogP) is 3.63. The summed E-state index contributed by atoms with van der Waals surface area (Å²) in [5, 5.41) is 0.918. The third kappa shape index (κ3) is 2.75. The number of rotatable bonds is 3. The van der Waals surface area contributed by atoms with Crippen LogP contribution < -0.4 is 4.90 Å². The molecule has 0 spiro atoms. The van der Waals surface area contributed by atoms with E-state index in [0.717, 1.165) is 24.5 Å². The van der Waals surface area contributed by atoms with E-state index in [9.17, 15) is 0 Å². The van der Waals surface area contributed by atoms with Gasteiger partial charge in [-0.2, -0.15) is 0 Å². The van der Waals surface area contributed by atoms with Crippen LogP contribution in [-0.2, 0) is 5.33 Å². The fourth-order valence-electron chi connectivity index (χ4n) is 2.66. The van der Waals surface area contributed by atoms with E-state index in [-0.39, 0.29) is 0 Å². The zero-order chi connectivity index (χ0) is 12.5. The van der Waals surface area contributed by atoms with Gasteiger partial charge in [0.05, 0.1) is 5.69 Å². The molecule has 3 rings (SSSR count). The number of alkyl halides is 1. The maximum atomic E-state index is 3.70. The molecule has 1 aliphatic heterocycles. The highest BCUT2D eigenvalue weighted by Gasteiger charge is 2.31. The molecule has 0 amide bonds. The summed E-state index contributed by atoms with van der Waals surface area (Å²) in [6, 6.07) is 7.58. The molecule has 1 aliphatic carbocycles. The van der Waals surface area contributed by atoms with Gasteiger partial charge in [-0.1, -0.05) is 22.0 Å². The Morgan fingerprint density at radius 3 is 2.39 bits per heavy atom. The molecule has 2 fully saturated rings. The summed E-state index contributed by atoms with van der Waals surface area (Å²) in [4.78, 5) is 5.15. The van der Waals surface area contributed by atoms with Crippen LogP contribution in [0.3, 0.4) is 0 Å². The van der Waals surface area contributed by atoms with Crippen LogP contribution >= 0.6 is 31.9 Å². The summed E-state index contributed by atoms with van der Waals surface area (Å²) < 4.78 is 1.22. The Morgan fingerprint density at radius 2 is 1.83 bits per heavy atom. The molecule has 0 aromatic heterocycles. The van der Waals surface area contributed by atoms with Crippen molar-refractivity contribution in [3.63, 3.8) is 0 Å². The molecule has 18 heavy (non-hydrogen) atoms. The summed E-state index contributed by atoms with van der Waals surface area (Å²) in [5.41, 5.74) is 2.66. The van der Waals surface area contributed by atoms with Crippen molar-refractivity contribution in [2.24, 2.45) is 0 Å². The van der Waals surface area contributed by atoms with Crippen LogP contribution in [0.25, 0.3) is 0 Å². The Balaban J connectivity index is 1.68. The minimum Gasteiger partial charge on any atom is -0.368 e. The van der Waals surface area contributed by atoms with Crippen molar-refractivity contribution < 1.29 is 0 Å². The van der Waals surface area contributed by atoms with Crippen molar-refractivity contribution >= 4 is 37.5 Å². The van der Waals surface area contributed by atoms with Gasteiger partial charge in [-0.25, -0.2) is 0 Å². The first-order valence-corrected chi connectivity index (χ1v) is 8.53. The highest BCUT2D eigenvalue weighted by molar-refractivity contribution is 9.10. The quantitative estimate of drug-likeness (QED) is 0.746. The third-order valence-electron chi connectivity index (χ3n) is 3.88. The lowest BCUT2D eigenvalue weighted by molar-refractivity contribution is 0.248. The smallest absolute Gasteiger partial charge is 0.0511 e. The minimum absolute atomic E-state index is 0.909. The molecular weight excluding hydrogens is 356 g/mol. The predicted molar refractivity (Wildman–Crippen MR) is 83.6 cm³/mol. The van der Waals surface area contributed by atoms with Gasteiger partial charge in [0, 0.05) is 42.0 Å². The van der Waals surface area contributed by atoms with E-state index >= 15 is 0 Å². The molecule has 0 atom stereocenters. The molecule has 0 bridgehead atoms. The van der Waals surface area contributed by atoms with Crippen molar-refractivity contribution in [2.75, 3.05) is 31.1 Å². The number of nitrogens with zero attached hydrogens (tertiary/aromatic N) is 2. The van der Waals surface area contributed by atoms with Crippen molar-refractivity contribution in [3.8, 4) is 0 Å². The molecule has 98 valence electrons. The van der Waals surface area contributed by atoms with Gasteiger partial charge in [0.15, 0.2) is 0 Å². The molecular formula is C14H18Br2N2. The fraction of sp³-hybridized carbons (Fsp3) is 0.571. The first-order chi connectivity index (χ1) is 8.78. The van der Waals surface area contributed by atoms with E-state index in [1.54, 1.807) is 0 Å². The number of hydrogen-bond donors (Lipinski definition) is 0. The lowest BCUT2D eigenvalue weighted by Crippen LogP contribution is -2.47. The van der Waals surface area contributed by atoms with Crippen LogP contribution in [-0.4, -0.2) is 37.1 Å². The maximum Gasteiger partial charge on any atom is 0.0511 e. The average Bonchev–Trinajstić information content (AvgIpc) is 3.23. The third-order valence-corrected chi connectivity index (χ3v) is 5.17. The van der Waals surface area contributed by atoms with Crippen LogP contribution in [0.1, 0.15) is 18.4 Å². The van der Waals surface area contributed by atoms with Gasteiger partial charge in [0.25, 0.3) is 0 Å². The second-order valence-corrected chi connectivity index (χ2v) is 6.59. The van der Waals surface area contributed by atoms with Crippen molar-refractivity contribution in [1.29, 1.82) is 0 Å². The minimum atomic E-state index is 0.909. The van der Waals surface area contributed by atoms with E-state index in [4.69, 9.17) is 0 Å². The molecule has 2 aliphatic rings. The van der Waals surface area contributed by atoms with E-state index in [0.29, 0.717) is 0 Å². The van der Waals surface area contributed by atoms with Crippen molar-refractivity contribution in [3.05, 3.63) is 28.2 Å². The van der Waals surface area contributed by atoms with E-state index < -0.39 is 0 Å². The molecule has 1 saturated carbocycles. The van der Waals surface area contributed by atoms with Gasteiger partial charge in [-0.3, -0.25) is 4.90 Å². The van der Waals surface area contributed by atoms with Crippen LogP contribution in [0.15, 0.2) is 22.7 Å². The topological polar surface area (TPSA) is 6.48 Å². The van der Waals surface area contributed by atoms with Gasteiger partial charge >= 0.3 is 0 Å². The Morgan fingerprint density at radius 1 is 1.11 bits per heavy atom. The molecule has 0 N–H and O–H groups in total. The first kappa shape index (κ1) is 12.9. The molecule has 1 aromatic carbocycles. The van der Waals surface area contributed by atoms with Gasteiger partial charge in [-0.15, -0.1) is 0 Å². The Labute approximate surface area is 126 Å². The first-order valence-electron chi connectivity index (χ1n) is 6.61. The second-order valence-electron chi connectivity index (χ2n) is 5.17. The van der Waals surface area contributed by atoms with E-state index in [1.165, 1.54) is 41.7 Å². The van der Waals surface area contributed by atoms with E-state index in [1.807, 2.05) is 0 Å². The molecule has 0 radical (unpaired) electrons. The summed E-state index contributed by atoms with van der Waals surface area (Å²) in [7, 11) is 0. The number of piperazine rings is 1. The monoisotopic (exact) mass is 372 g/mol. The largest absolute Gasteiger partial charge is 0.368 e. The zero-order valence-corrected chi connectivity index (χ0v) is 13.6. The Hall–Kier alpha value is -0.0600. The zero-order valence-electron chi connectivity index (χ0n) is 10.4. The van der Waals surface area contributed by atoms with Crippen LogP contribution in [0.4, 0.5) is 5.69 Å². The second kappa shape index (κ2) is 5.51. The fourth-order valence-corrected chi connectivity index (χ4v) is 3.68. The molecule has 1 aromatic rings. The van der Waals surface area contributed by atoms with Gasteiger partial charge in [0.1, 0.15) is 0 Å². The summed E-state index contributed by atoms with van der Waals surface area (Å²) in [5.74, 6) is 0. The molecule has 1 heterocycles. The lowest BCUT2D eigenvalue weighted by Gasteiger charge is -2.36. The number of anilines is 1. The van der Waals surface area contributed by atoms with Gasteiger partial charge in [0.2, 0.25) is 0 Å². The molecule has 1 saturated heterocycles. The lowest BCUT2D eigenvalue weighted by atomic mass is 10.2. The van der Waals surface area contributed by atoms with Gasteiger partial charge in [-0.05, 0) is 46.5 Å².